The first kappa shape index (κ1) is 7.61. The van der Waals surface area contributed by atoms with Gasteiger partial charge in [-0.2, -0.15) is 0 Å². The molecule has 0 amide bonds. The molecule has 0 aromatic heterocycles. The molecule has 0 saturated heterocycles. The number of halogens is 1. The van der Waals surface area contributed by atoms with Gasteiger partial charge in [0.25, 0.3) is 0 Å². The Kier molecular flexibility index (Phi) is 1.78. The van der Waals surface area contributed by atoms with Crippen molar-refractivity contribution in [3.05, 3.63) is 71.0 Å². The van der Waals surface area contributed by atoms with E-state index in [0.29, 0.717) is 12.0 Å². The van der Waals surface area contributed by atoms with Crippen molar-refractivity contribution in [2.45, 2.75) is 18.7 Å². The highest BCUT2D eigenvalue weighted by Gasteiger charge is 2.21. The first-order chi connectivity index (χ1) is 8.61. The summed E-state index contributed by atoms with van der Waals surface area (Å²) in [6.07, 6.45) is -0.0951. The average molecular weight is 214 g/mol. The van der Waals surface area contributed by atoms with E-state index in [-0.39, 0.29) is 5.82 Å². The Labute approximate surface area is 97.6 Å². The molecule has 1 aliphatic carbocycles. The predicted octanol–water partition coefficient (Wildman–Crippen LogP) is 3.71. The summed E-state index contributed by atoms with van der Waals surface area (Å²) in [4.78, 5) is 0. The molecule has 0 nitrogen and oxygen atoms in total. The second-order valence-corrected chi connectivity index (χ2v) is 4.05. The highest BCUT2D eigenvalue weighted by atomic mass is 19.1. The van der Waals surface area contributed by atoms with Gasteiger partial charge in [0.1, 0.15) is 5.82 Å². The summed E-state index contributed by atoms with van der Waals surface area (Å²) < 4.78 is 29.8. The fourth-order valence-electron chi connectivity index (χ4n) is 2.13. The van der Waals surface area contributed by atoms with Crippen LogP contribution in [0, 0.1) is 5.82 Å². The molecule has 2 aromatic rings. The minimum absolute atomic E-state index is 0.306. The molecule has 3 rings (SSSR count). The minimum Gasteiger partial charge on any atom is -0.207 e. The van der Waals surface area contributed by atoms with Crippen LogP contribution in [0.4, 0.5) is 4.39 Å². The molecule has 0 radical (unpaired) electrons. The van der Waals surface area contributed by atoms with E-state index in [1.54, 1.807) is 12.1 Å². The van der Waals surface area contributed by atoms with E-state index < -0.39 is 12.3 Å². The maximum Gasteiger partial charge on any atom is 0.123 e. The summed E-state index contributed by atoms with van der Waals surface area (Å²) in [6.45, 7) is 0. The van der Waals surface area contributed by atoms with Gasteiger partial charge in [0.05, 0.1) is 0 Å². The molecule has 0 saturated carbocycles. The summed E-state index contributed by atoms with van der Waals surface area (Å²) >= 11 is 0. The van der Waals surface area contributed by atoms with Gasteiger partial charge in [-0.25, -0.2) is 4.39 Å². The molecule has 80 valence electrons. The van der Waals surface area contributed by atoms with Gasteiger partial charge in [-0.15, -0.1) is 0 Å². The van der Waals surface area contributed by atoms with E-state index in [1.165, 1.54) is 12.1 Å². The molecule has 0 fully saturated rings. The number of hydrogen-bond acceptors (Lipinski definition) is 0. The first-order valence-electron chi connectivity index (χ1n) is 6.45. The van der Waals surface area contributed by atoms with Crippen LogP contribution in [0.2, 0.25) is 0 Å². The molecule has 0 spiro atoms. The second-order valence-electron chi connectivity index (χ2n) is 4.05. The van der Waals surface area contributed by atoms with E-state index >= 15 is 0 Å². The lowest BCUT2D eigenvalue weighted by molar-refractivity contribution is 0.625. The second kappa shape index (κ2) is 3.75. The Hall–Kier alpha value is -1.63. The molecule has 0 aliphatic heterocycles. The van der Waals surface area contributed by atoms with Crippen LogP contribution in [0.25, 0.3) is 0 Å². The zero-order chi connectivity index (χ0) is 12.8. The van der Waals surface area contributed by atoms with E-state index in [1.807, 2.05) is 24.3 Å². The Morgan fingerprint density at radius 2 is 1.75 bits per heavy atom. The monoisotopic (exact) mass is 214 g/mol. The normalized spacial score (nSPS) is 29.4. The standard InChI is InChI=1S/C15H13F/c16-15-7-5-11(6-8-15)14-9-12-3-1-2-4-13(12)10-14/h1-8,14H,9-10H2/i9D,14D. The Balaban J connectivity index is 2.06. The summed E-state index contributed by atoms with van der Waals surface area (Å²) in [5.41, 5.74) is 2.67. The van der Waals surface area contributed by atoms with Crippen LogP contribution < -0.4 is 0 Å². The van der Waals surface area contributed by atoms with E-state index in [2.05, 4.69) is 0 Å². The van der Waals surface area contributed by atoms with Crippen LogP contribution in [-0.2, 0) is 12.8 Å². The molecule has 2 unspecified atom stereocenters. The van der Waals surface area contributed by atoms with Gasteiger partial charge in [0.15, 0.2) is 0 Å². The van der Waals surface area contributed by atoms with Crippen LogP contribution in [0.1, 0.15) is 25.3 Å². The van der Waals surface area contributed by atoms with Gasteiger partial charge in [-0.1, -0.05) is 36.4 Å². The highest BCUT2D eigenvalue weighted by molar-refractivity contribution is 5.37. The van der Waals surface area contributed by atoms with Gasteiger partial charge >= 0.3 is 0 Å². The lowest BCUT2D eigenvalue weighted by atomic mass is 9.96. The van der Waals surface area contributed by atoms with Crippen LogP contribution in [-0.4, -0.2) is 0 Å². The minimum atomic E-state index is -1.00. The largest absolute Gasteiger partial charge is 0.207 e. The lowest BCUT2D eigenvalue weighted by Gasteiger charge is -2.08. The Morgan fingerprint density at radius 3 is 2.44 bits per heavy atom. The van der Waals surface area contributed by atoms with Gasteiger partial charge < -0.3 is 0 Å². The summed E-state index contributed by atoms with van der Waals surface area (Å²) in [6, 6.07) is 13.7. The van der Waals surface area contributed by atoms with Crippen LogP contribution >= 0.6 is 0 Å². The van der Waals surface area contributed by atoms with Crippen molar-refractivity contribution in [3.63, 3.8) is 0 Å². The van der Waals surface area contributed by atoms with Gasteiger partial charge in [0.2, 0.25) is 0 Å². The molecule has 16 heavy (non-hydrogen) atoms. The number of rotatable bonds is 1. The molecule has 0 N–H and O–H groups in total. The molecule has 2 atom stereocenters. The molecule has 2 aromatic carbocycles. The van der Waals surface area contributed by atoms with E-state index in [0.717, 1.165) is 11.1 Å². The molecule has 0 heterocycles. The lowest BCUT2D eigenvalue weighted by Crippen LogP contribution is -1.97. The van der Waals surface area contributed by atoms with E-state index in [4.69, 9.17) is 2.74 Å². The Bertz CT molecular complexity index is 579. The summed E-state index contributed by atoms with van der Waals surface area (Å²) in [5, 5.41) is 0. The fourth-order valence-corrected chi connectivity index (χ4v) is 2.13. The van der Waals surface area contributed by atoms with Gasteiger partial charge in [-0.05, 0) is 47.5 Å². The molecule has 0 bridgehead atoms. The number of hydrogen-bond donors (Lipinski definition) is 0. The fraction of sp³-hybridized carbons (Fsp3) is 0.200. The smallest absolute Gasteiger partial charge is 0.123 e. The van der Waals surface area contributed by atoms with Crippen molar-refractivity contribution in [1.82, 2.24) is 0 Å². The van der Waals surface area contributed by atoms with Crippen molar-refractivity contribution in [2.24, 2.45) is 0 Å². The number of fused-ring (bicyclic) bond motifs is 1. The third kappa shape index (κ3) is 1.63. The van der Waals surface area contributed by atoms with Crippen molar-refractivity contribution in [1.29, 1.82) is 0 Å². The van der Waals surface area contributed by atoms with Crippen molar-refractivity contribution in [2.75, 3.05) is 0 Å². The van der Waals surface area contributed by atoms with Crippen LogP contribution in [0.5, 0.6) is 0 Å². The number of benzene rings is 2. The first-order valence-corrected chi connectivity index (χ1v) is 5.37. The highest BCUT2D eigenvalue weighted by Crippen LogP contribution is 2.33. The predicted molar refractivity (Wildman–Crippen MR) is 63.0 cm³/mol. The Morgan fingerprint density at radius 1 is 1.06 bits per heavy atom. The quantitative estimate of drug-likeness (QED) is 0.679. The van der Waals surface area contributed by atoms with Crippen molar-refractivity contribution >= 4 is 0 Å². The third-order valence-electron chi connectivity index (χ3n) is 2.98. The van der Waals surface area contributed by atoms with E-state index in [9.17, 15) is 4.39 Å². The third-order valence-corrected chi connectivity index (χ3v) is 2.98. The van der Waals surface area contributed by atoms with Crippen LogP contribution in [0.3, 0.4) is 0 Å². The molecule has 1 heteroatoms. The summed E-state index contributed by atoms with van der Waals surface area (Å²) in [5.74, 6) is -1.31. The topological polar surface area (TPSA) is 0 Å². The van der Waals surface area contributed by atoms with Gasteiger partial charge in [-0.3, -0.25) is 0 Å². The zero-order valence-electron chi connectivity index (χ0n) is 10.8. The molecular formula is C15H13F. The van der Waals surface area contributed by atoms with Crippen LogP contribution in [0.15, 0.2) is 48.5 Å². The van der Waals surface area contributed by atoms with Gasteiger partial charge in [0, 0.05) is 2.74 Å². The van der Waals surface area contributed by atoms with Crippen molar-refractivity contribution < 1.29 is 7.13 Å². The summed E-state index contributed by atoms with van der Waals surface area (Å²) in [7, 11) is 0. The molecule has 1 aliphatic rings. The molecular weight excluding hydrogens is 199 g/mol. The maximum absolute atomic E-state index is 13.0. The maximum atomic E-state index is 13.0. The average Bonchev–Trinajstić information content (AvgIpc) is 2.64. The SMILES string of the molecule is [2H]C1c2ccccc2CC1([2H])c1ccc(F)cc1. The zero-order valence-corrected chi connectivity index (χ0v) is 8.78. The van der Waals surface area contributed by atoms with Crippen molar-refractivity contribution in [3.8, 4) is 0 Å².